The standard InChI is InChI=1S/C12H15N3O2/c1-7-8(11(16)17)6-13-10-5-9(12(2,3)4)14-15(7)10/h5-6H,1-4H3,(H,16,17). The molecule has 2 aromatic rings. The highest BCUT2D eigenvalue weighted by Gasteiger charge is 2.20. The molecule has 1 N–H and O–H groups in total. The van der Waals surface area contributed by atoms with Crippen molar-refractivity contribution in [3.63, 3.8) is 0 Å². The SMILES string of the molecule is Cc1c(C(=O)O)cnc2cc(C(C)(C)C)nn12. The third-order valence-electron chi connectivity index (χ3n) is 2.72. The lowest BCUT2D eigenvalue weighted by Gasteiger charge is -2.13. The zero-order valence-electron chi connectivity index (χ0n) is 10.4. The Balaban J connectivity index is 2.70. The summed E-state index contributed by atoms with van der Waals surface area (Å²) in [5.74, 6) is -0.982. The van der Waals surface area contributed by atoms with Crippen LogP contribution in [-0.2, 0) is 5.41 Å². The summed E-state index contributed by atoms with van der Waals surface area (Å²) in [5, 5.41) is 13.4. The van der Waals surface area contributed by atoms with E-state index in [1.165, 1.54) is 6.20 Å². The maximum atomic E-state index is 11.0. The van der Waals surface area contributed by atoms with Crippen LogP contribution in [0.2, 0.25) is 0 Å². The van der Waals surface area contributed by atoms with Crippen molar-refractivity contribution in [2.45, 2.75) is 33.1 Å². The highest BCUT2D eigenvalue weighted by atomic mass is 16.4. The van der Waals surface area contributed by atoms with E-state index in [2.05, 4.69) is 30.9 Å². The van der Waals surface area contributed by atoms with E-state index in [1.54, 1.807) is 11.4 Å². The molecule has 0 fully saturated rings. The predicted molar refractivity (Wildman–Crippen MR) is 63.4 cm³/mol. The Hall–Kier alpha value is -1.91. The van der Waals surface area contributed by atoms with Gasteiger partial charge in [0, 0.05) is 17.7 Å². The first kappa shape index (κ1) is 11.6. The number of fused-ring (bicyclic) bond motifs is 1. The van der Waals surface area contributed by atoms with Crippen LogP contribution in [0.3, 0.4) is 0 Å². The molecule has 2 rings (SSSR count). The summed E-state index contributed by atoms with van der Waals surface area (Å²) in [7, 11) is 0. The number of hydrogen-bond donors (Lipinski definition) is 1. The van der Waals surface area contributed by atoms with Crippen molar-refractivity contribution in [3.8, 4) is 0 Å². The van der Waals surface area contributed by atoms with E-state index in [4.69, 9.17) is 5.11 Å². The second-order valence-corrected chi connectivity index (χ2v) is 5.11. The summed E-state index contributed by atoms with van der Waals surface area (Å²) < 4.78 is 1.59. The molecule has 0 aliphatic rings. The minimum atomic E-state index is -0.982. The number of aromatic carboxylic acids is 1. The first-order chi connectivity index (χ1) is 7.80. The van der Waals surface area contributed by atoms with E-state index in [1.807, 2.05) is 6.07 Å². The minimum Gasteiger partial charge on any atom is -0.478 e. The van der Waals surface area contributed by atoms with Crippen LogP contribution < -0.4 is 0 Å². The van der Waals surface area contributed by atoms with Gasteiger partial charge < -0.3 is 5.11 Å². The first-order valence-corrected chi connectivity index (χ1v) is 5.40. The first-order valence-electron chi connectivity index (χ1n) is 5.40. The number of hydrogen-bond acceptors (Lipinski definition) is 3. The van der Waals surface area contributed by atoms with Gasteiger partial charge in [-0.15, -0.1) is 0 Å². The van der Waals surface area contributed by atoms with Crippen molar-refractivity contribution in [3.05, 3.63) is 29.2 Å². The average molecular weight is 233 g/mol. The van der Waals surface area contributed by atoms with E-state index >= 15 is 0 Å². The molecule has 5 nitrogen and oxygen atoms in total. The minimum absolute atomic E-state index is 0.0798. The summed E-state index contributed by atoms with van der Waals surface area (Å²) >= 11 is 0. The summed E-state index contributed by atoms with van der Waals surface area (Å²) in [4.78, 5) is 15.1. The van der Waals surface area contributed by atoms with E-state index in [9.17, 15) is 4.79 Å². The van der Waals surface area contributed by atoms with Crippen LogP contribution in [0.25, 0.3) is 5.65 Å². The van der Waals surface area contributed by atoms with Gasteiger partial charge in [0.05, 0.1) is 17.0 Å². The summed E-state index contributed by atoms with van der Waals surface area (Å²) in [5.41, 5.74) is 2.27. The fraction of sp³-hybridized carbons (Fsp3) is 0.417. The van der Waals surface area contributed by atoms with Gasteiger partial charge in [-0.05, 0) is 6.92 Å². The number of rotatable bonds is 1. The van der Waals surface area contributed by atoms with Crippen LogP contribution in [0.5, 0.6) is 0 Å². The second-order valence-electron chi connectivity index (χ2n) is 5.11. The Labute approximate surface area is 99.1 Å². The molecule has 90 valence electrons. The van der Waals surface area contributed by atoms with Crippen molar-refractivity contribution in [2.75, 3.05) is 0 Å². The van der Waals surface area contributed by atoms with Gasteiger partial charge in [0.1, 0.15) is 0 Å². The smallest absolute Gasteiger partial charge is 0.339 e. The molecular weight excluding hydrogens is 218 g/mol. The number of nitrogens with zero attached hydrogens (tertiary/aromatic N) is 3. The molecule has 5 heteroatoms. The molecule has 0 aromatic carbocycles. The molecule has 0 atom stereocenters. The van der Waals surface area contributed by atoms with Crippen molar-refractivity contribution in [1.82, 2.24) is 14.6 Å². The molecule has 0 unspecified atom stereocenters. The van der Waals surface area contributed by atoms with Crippen molar-refractivity contribution in [2.24, 2.45) is 0 Å². The molecule has 0 spiro atoms. The second kappa shape index (κ2) is 3.55. The third-order valence-corrected chi connectivity index (χ3v) is 2.72. The number of carboxylic acid groups (broad SMARTS) is 1. The Morgan fingerprint density at radius 2 is 2.06 bits per heavy atom. The maximum Gasteiger partial charge on any atom is 0.339 e. The number of aryl methyl sites for hydroxylation is 1. The predicted octanol–water partition coefficient (Wildman–Crippen LogP) is 2.03. The molecule has 0 aliphatic carbocycles. The highest BCUT2D eigenvalue weighted by molar-refractivity contribution is 5.88. The van der Waals surface area contributed by atoms with Crippen LogP contribution in [0, 0.1) is 6.92 Å². The van der Waals surface area contributed by atoms with Gasteiger partial charge in [-0.1, -0.05) is 20.8 Å². The number of aromatic nitrogens is 3. The van der Waals surface area contributed by atoms with Gasteiger partial charge >= 0.3 is 5.97 Å². The molecule has 2 heterocycles. The number of carboxylic acids is 1. The van der Waals surface area contributed by atoms with Gasteiger partial charge in [0.2, 0.25) is 0 Å². The summed E-state index contributed by atoms with van der Waals surface area (Å²) in [6.45, 7) is 7.91. The van der Waals surface area contributed by atoms with Gasteiger partial charge in [0.25, 0.3) is 0 Å². The topological polar surface area (TPSA) is 67.5 Å². The van der Waals surface area contributed by atoms with Crippen LogP contribution in [-0.4, -0.2) is 25.7 Å². The lowest BCUT2D eigenvalue weighted by atomic mass is 9.93. The molecule has 17 heavy (non-hydrogen) atoms. The molecule has 0 radical (unpaired) electrons. The molecule has 0 saturated carbocycles. The average Bonchev–Trinajstić information content (AvgIpc) is 2.61. The molecule has 0 amide bonds. The maximum absolute atomic E-state index is 11.0. The van der Waals surface area contributed by atoms with E-state index in [0.29, 0.717) is 11.3 Å². The Bertz CT molecular complexity index is 594. The van der Waals surface area contributed by atoms with Crippen molar-refractivity contribution in [1.29, 1.82) is 0 Å². The monoisotopic (exact) mass is 233 g/mol. The molecule has 0 aliphatic heterocycles. The van der Waals surface area contributed by atoms with Crippen LogP contribution in [0.4, 0.5) is 0 Å². The fourth-order valence-electron chi connectivity index (χ4n) is 1.62. The van der Waals surface area contributed by atoms with Crippen molar-refractivity contribution >= 4 is 11.6 Å². The summed E-state index contributed by atoms with van der Waals surface area (Å²) in [6, 6.07) is 1.89. The fourth-order valence-corrected chi connectivity index (χ4v) is 1.62. The van der Waals surface area contributed by atoms with Gasteiger partial charge in [0.15, 0.2) is 5.65 Å². The normalized spacial score (nSPS) is 12.0. The third kappa shape index (κ3) is 1.88. The summed E-state index contributed by atoms with van der Waals surface area (Å²) in [6.07, 6.45) is 1.38. The van der Waals surface area contributed by atoms with Crippen LogP contribution in [0.15, 0.2) is 12.3 Å². The van der Waals surface area contributed by atoms with Crippen LogP contribution in [0.1, 0.15) is 42.5 Å². The highest BCUT2D eigenvalue weighted by Crippen LogP contribution is 2.22. The van der Waals surface area contributed by atoms with E-state index in [-0.39, 0.29) is 11.0 Å². The lowest BCUT2D eigenvalue weighted by Crippen LogP contribution is -2.12. The van der Waals surface area contributed by atoms with Gasteiger partial charge in [-0.25, -0.2) is 14.3 Å². The van der Waals surface area contributed by atoms with E-state index < -0.39 is 5.97 Å². The molecular formula is C12H15N3O2. The van der Waals surface area contributed by atoms with Crippen molar-refractivity contribution < 1.29 is 9.90 Å². The number of carbonyl (C=O) groups is 1. The van der Waals surface area contributed by atoms with E-state index in [0.717, 1.165) is 5.69 Å². The zero-order chi connectivity index (χ0) is 12.8. The molecule has 2 aromatic heterocycles. The Morgan fingerprint density at radius 3 is 2.59 bits per heavy atom. The zero-order valence-corrected chi connectivity index (χ0v) is 10.4. The Kier molecular flexibility index (Phi) is 2.41. The largest absolute Gasteiger partial charge is 0.478 e. The quantitative estimate of drug-likeness (QED) is 0.818. The lowest BCUT2D eigenvalue weighted by molar-refractivity contribution is 0.0695. The molecule has 0 saturated heterocycles. The van der Waals surface area contributed by atoms with Crippen LogP contribution >= 0.6 is 0 Å². The molecule has 0 bridgehead atoms. The van der Waals surface area contributed by atoms with Gasteiger partial charge in [-0.3, -0.25) is 0 Å². The Morgan fingerprint density at radius 1 is 1.41 bits per heavy atom. The van der Waals surface area contributed by atoms with Gasteiger partial charge in [-0.2, -0.15) is 5.10 Å².